The zero-order chi connectivity index (χ0) is 16.5. The summed E-state index contributed by atoms with van der Waals surface area (Å²) >= 11 is 0. The standard InChI is InChI=1S/C17H24N2O4/c1-2-3-11-22-13-4-6-14(7-5-13)23-12-10-18-17(21)15-8-9-16(20)19-15/h4-7,15H,2-3,8-12H2,1H3,(H,18,21)(H,19,20). The van der Waals surface area contributed by atoms with E-state index in [1.54, 1.807) is 0 Å². The lowest BCUT2D eigenvalue weighted by Crippen LogP contribution is -2.42. The maximum absolute atomic E-state index is 11.8. The van der Waals surface area contributed by atoms with E-state index >= 15 is 0 Å². The van der Waals surface area contributed by atoms with Crippen LogP contribution in [0.25, 0.3) is 0 Å². The second-order valence-corrected chi connectivity index (χ2v) is 5.47. The highest BCUT2D eigenvalue weighted by Crippen LogP contribution is 2.17. The van der Waals surface area contributed by atoms with Crippen molar-refractivity contribution in [3.05, 3.63) is 24.3 Å². The molecule has 0 spiro atoms. The maximum Gasteiger partial charge on any atom is 0.242 e. The van der Waals surface area contributed by atoms with Crippen LogP contribution < -0.4 is 20.1 Å². The Morgan fingerprint density at radius 1 is 1.22 bits per heavy atom. The van der Waals surface area contributed by atoms with Crippen LogP contribution in [0.4, 0.5) is 0 Å². The van der Waals surface area contributed by atoms with E-state index in [0.29, 0.717) is 26.0 Å². The molecule has 1 atom stereocenters. The van der Waals surface area contributed by atoms with E-state index < -0.39 is 6.04 Å². The van der Waals surface area contributed by atoms with Crippen LogP contribution in [0, 0.1) is 0 Å². The van der Waals surface area contributed by atoms with E-state index in [1.165, 1.54) is 0 Å². The van der Waals surface area contributed by atoms with Crippen molar-refractivity contribution in [2.24, 2.45) is 0 Å². The predicted molar refractivity (Wildman–Crippen MR) is 86.5 cm³/mol. The van der Waals surface area contributed by atoms with Crippen LogP contribution in [0.3, 0.4) is 0 Å². The van der Waals surface area contributed by atoms with Crippen LogP contribution >= 0.6 is 0 Å². The summed E-state index contributed by atoms with van der Waals surface area (Å²) in [6.45, 7) is 3.63. The van der Waals surface area contributed by atoms with E-state index in [1.807, 2.05) is 24.3 Å². The van der Waals surface area contributed by atoms with Gasteiger partial charge in [0.1, 0.15) is 24.1 Å². The number of rotatable bonds is 9. The summed E-state index contributed by atoms with van der Waals surface area (Å²) in [5.74, 6) is 1.34. The molecule has 0 bridgehead atoms. The average Bonchev–Trinajstić information content (AvgIpc) is 2.99. The molecule has 1 aromatic carbocycles. The topological polar surface area (TPSA) is 76.7 Å². The first-order chi connectivity index (χ1) is 11.2. The number of ether oxygens (including phenoxy) is 2. The molecule has 6 nitrogen and oxygen atoms in total. The summed E-state index contributed by atoms with van der Waals surface area (Å²) < 4.78 is 11.1. The van der Waals surface area contributed by atoms with Crippen molar-refractivity contribution in [2.75, 3.05) is 19.8 Å². The van der Waals surface area contributed by atoms with Gasteiger partial charge in [0.2, 0.25) is 11.8 Å². The van der Waals surface area contributed by atoms with Crippen molar-refractivity contribution in [1.29, 1.82) is 0 Å². The third-order valence-electron chi connectivity index (χ3n) is 3.57. The smallest absolute Gasteiger partial charge is 0.242 e. The SMILES string of the molecule is CCCCOc1ccc(OCCNC(=O)C2CCC(=O)N2)cc1. The Morgan fingerprint density at radius 3 is 2.43 bits per heavy atom. The van der Waals surface area contributed by atoms with E-state index in [9.17, 15) is 9.59 Å². The Bertz CT molecular complexity index is 516. The number of benzene rings is 1. The summed E-state index contributed by atoms with van der Waals surface area (Å²) in [6.07, 6.45) is 3.13. The molecule has 23 heavy (non-hydrogen) atoms. The van der Waals surface area contributed by atoms with E-state index in [2.05, 4.69) is 17.6 Å². The van der Waals surface area contributed by atoms with Crippen molar-refractivity contribution in [1.82, 2.24) is 10.6 Å². The molecule has 0 radical (unpaired) electrons. The van der Waals surface area contributed by atoms with Crippen LogP contribution in [0.15, 0.2) is 24.3 Å². The highest BCUT2D eigenvalue weighted by Gasteiger charge is 2.26. The lowest BCUT2D eigenvalue weighted by Gasteiger charge is -2.12. The number of carbonyl (C=O) groups excluding carboxylic acids is 2. The van der Waals surface area contributed by atoms with Crippen molar-refractivity contribution >= 4 is 11.8 Å². The Labute approximate surface area is 136 Å². The quantitative estimate of drug-likeness (QED) is 0.678. The molecule has 1 aromatic rings. The fourth-order valence-electron chi connectivity index (χ4n) is 2.24. The minimum absolute atomic E-state index is 0.0670. The fraction of sp³-hybridized carbons (Fsp3) is 0.529. The Hall–Kier alpha value is -2.24. The first-order valence-electron chi connectivity index (χ1n) is 8.12. The molecular weight excluding hydrogens is 296 g/mol. The van der Waals surface area contributed by atoms with Gasteiger partial charge in [-0.15, -0.1) is 0 Å². The summed E-state index contributed by atoms with van der Waals surface area (Å²) in [4.78, 5) is 22.8. The Kier molecular flexibility index (Phi) is 6.72. The second-order valence-electron chi connectivity index (χ2n) is 5.47. The number of hydrogen-bond acceptors (Lipinski definition) is 4. The molecule has 1 fully saturated rings. The predicted octanol–water partition coefficient (Wildman–Crippen LogP) is 1.64. The molecule has 126 valence electrons. The third-order valence-corrected chi connectivity index (χ3v) is 3.57. The second kappa shape index (κ2) is 9.02. The number of amides is 2. The summed E-state index contributed by atoms with van der Waals surface area (Å²) in [5.41, 5.74) is 0. The lowest BCUT2D eigenvalue weighted by molar-refractivity contribution is -0.125. The first-order valence-corrected chi connectivity index (χ1v) is 8.12. The van der Waals surface area contributed by atoms with Gasteiger partial charge in [-0.05, 0) is 37.1 Å². The van der Waals surface area contributed by atoms with E-state index in [-0.39, 0.29) is 11.8 Å². The van der Waals surface area contributed by atoms with Crippen LogP contribution in [0.5, 0.6) is 11.5 Å². The highest BCUT2D eigenvalue weighted by molar-refractivity contribution is 5.90. The number of nitrogens with one attached hydrogen (secondary N) is 2. The van der Waals surface area contributed by atoms with Crippen LogP contribution in [-0.2, 0) is 9.59 Å². The van der Waals surface area contributed by atoms with Gasteiger partial charge in [-0.3, -0.25) is 9.59 Å². The fourth-order valence-corrected chi connectivity index (χ4v) is 2.24. The molecule has 1 aliphatic heterocycles. The van der Waals surface area contributed by atoms with Gasteiger partial charge >= 0.3 is 0 Å². The highest BCUT2D eigenvalue weighted by atomic mass is 16.5. The van der Waals surface area contributed by atoms with Crippen LogP contribution in [0.2, 0.25) is 0 Å². The molecule has 2 amide bonds. The zero-order valence-electron chi connectivity index (χ0n) is 13.5. The summed E-state index contributed by atoms with van der Waals surface area (Å²) in [7, 11) is 0. The molecule has 2 rings (SSSR count). The van der Waals surface area contributed by atoms with Gasteiger partial charge in [0.15, 0.2) is 0 Å². The monoisotopic (exact) mass is 320 g/mol. The van der Waals surface area contributed by atoms with Crippen molar-refractivity contribution in [3.63, 3.8) is 0 Å². The number of carbonyl (C=O) groups is 2. The first kappa shape index (κ1) is 17.1. The third kappa shape index (κ3) is 5.81. The van der Waals surface area contributed by atoms with E-state index in [0.717, 1.165) is 30.9 Å². The molecular formula is C17H24N2O4. The van der Waals surface area contributed by atoms with Gasteiger partial charge < -0.3 is 20.1 Å². The van der Waals surface area contributed by atoms with Crippen molar-refractivity contribution < 1.29 is 19.1 Å². The van der Waals surface area contributed by atoms with Gasteiger partial charge in [0, 0.05) is 6.42 Å². The number of hydrogen-bond donors (Lipinski definition) is 2. The van der Waals surface area contributed by atoms with Crippen LogP contribution in [0.1, 0.15) is 32.6 Å². The van der Waals surface area contributed by atoms with Gasteiger partial charge in [-0.2, -0.15) is 0 Å². The zero-order valence-corrected chi connectivity index (χ0v) is 13.5. The van der Waals surface area contributed by atoms with Crippen molar-refractivity contribution in [3.8, 4) is 11.5 Å². The van der Waals surface area contributed by atoms with Gasteiger partial charge in [-0.25, -0.2) is 0 Å². The molecule has 1 saturated heterocycles. The van der Waals surface area contributed by atoms with Gasteiger partial charge in [0.05, 0.1) is 13.2 Å². The van der Waals surface area contributed by atoms with Gasteiger partial charge in [0.25, 0.3) is 0 Å². The summed E-state index contributed by atoms with van der Waals surface area (Å²) in [6, 6.07) is 7.04. The molecule has 2 N–H and O–H groups in total. The normalized spacial score (nSPS) is 16.7. The Balaban J connectivity index is 1.62. The molecule has 0 saturated carbocycles. The minimum Gasteiger partial charge on any atom is -0.494 e. The summed E-state index contributed by atoms with van der Waals surface area (Å²) in [5, 5.41) is 5.39. The lowest BCUT2D eigenvalue weighted by atomic mass is 10.2. The molecule has 0 aliphatic carbocycles. The molecule has 0 aromatic heterocycles. The van der Waals surface area contributed by atoms with E-state index in [4.69, 9.17) is 9.47 Å². The molecule has 6 heteroatoms. The van der Waals surface area contributed by atoms with Crippen LogP contribution in [-0.4, -0.2) is 37.6 Å². The van der Waals surface area contributed by atoms with Crippen molar-refractivity contribution in [2.45, 2.75) is 38.6 Å². The molecule has 1 heterocycles. The molecule has 1 unspecified atom stereocenters. The minimum atomic E-state index is -0.401. The largest absolute Gasteiger partial charge is 0.494 e. The average molecular weight is 320 g/mol. The molecule has 1 aliphatic rings. The Morgan fingerprint density at radius 2 is 1.87 bits per heavy atom. The maximum atomic E-state index is 11.8. The number of unbranched alkanes of at least 4 members (excludes halogenated alkanes) is 1. The van der Waals surface area contributed by atoms with Gasteiger partial charge in [-0.1, -0.05) is 13.3 Å².